The van der Waals surface area contributed by atoms with Gasteiger partial charge >= 0.3 is 0 Å². The fourth-order valence-electron chi connectivity index (χ4n) is 6.56. The minimum atomic E-state index is 0.621. The van der Waals surface area contributed by atoms with Crippen LogP contribution in [0.3, 0.4) is 0 Å². The molecule has 2 heterocycles. The van der Waals surface area contributed by atoms with Gasteiger partial charge in [0.2, 0.25) is 0 Å². The zero-order valence-electron chi connectivity index (χ0n) is 29.3. The molecule has 0 saturated heterocycles. The lowest BCUT2D eigenvalue weighted by Crippen LogP contribution is -2.00. The lowest BCUT2D eigenvalue weighted by atomic mass is 9.94. The van der Waals surface area contributed by atoms with Crippen molar-refractivity contribution in [2.45, 2.75) is 0 Å². The maximum absolute atomic E-state index is 5.16. The second kappa shape index (κ2) is 14.7. The normalized spacial score (nSPS) is 11.0. The molecule has 0 atom stereocenters. The molecule has 0 unspecified atom stereocenters. The van der Waals surface area contributed by atoms with Gasteiger partial charge in [-0.15, -0.1) is 0 Å². The molecule has 0 bridgehead atoms. The highest BCUT2D eigenvalue weighted by Gasteiger charge is 2.15. The van der Waals surface area contributed by atoms with Gasteiger partial charge in [0, 0.05) is 33.4 Å². The summed E-state index contributed by atoms with van der Waals surface area (Å²) in [6, 6.07) is 68.3. The van der Waals surface area contributed by atoms with Gasteiger partial charge in [-0.05, 0) is 46.5 Å². The largest absolute Gasteiger partial charge is 0.228 e. The van der Waals surface area contributed by atoms with Gasteiger partial charge in [-0.1, -0.05) is 176 Å². The van der Waals surface area contributed by atoms with E-state index in [0.717, 1.165) is 67.0 Å². The molecule has 0 spiro atoms. The summed E-state index contributed by atoms with van der Waals surface area (Å²) in [5, 5.41) is 0. The first kappa shape index (κ1) is 32.5. The van der Waals surface area contributed by atoms with Crippen LogP contribution < -0.4 is 0 Å². The Labute approximate surface area is 314 Å². The standard InChI is InChI=1S/C49H33N5/c1-6-16-34(17-7-1)41-30-42(32-43(31-41)45-33-44(36-18-8-2-9-19-36)50-46(51-45)37-20-10-3-11-21-37)35-26-28-40(29-27-35)49-53-47(38-22-12-4-13-23-38)52-48(54-49)39-24-14-5-15-25-39/h1-33H. The lowest BCUT2D eigenvalue weighted by molar-refractivity contribution is 1.07. The van der Waals surface area contributed by atoms with Crippen molar-refractivity contribution in [1.29, 1.82) is 0 Å². The van der Waals surface area contributed by atoms with E-state index < -0.39 is 0 Å². The highest BCUT2D eigenvalue weighted by atomic mass is 15.0. The van der Waals surface area contributed by atoms with Crippen LogP contribution in [0.1, 0.15) is 0 Å². The Kier molecular flexibility index (Phi) is 8.86. The molecule has 0 aliphatic rings. The maximum atomic E-state index is 5.16. The lowest BCUT2D eigenvalue weighted by Gasteiger charge is -2.13. The van der Waals surface area contributed by atoms with E-state index in [0.29, 0.717) is 23.3 Å². The van der Waals surface area contributed by atoms with Crippen LogP contribution in [0.4, 0.5) is 0 Å². The van der Waals surface area contributed by atoms with Crippen molar-refractivity contribution in [2.75, 3.05) is 0 Å². The van der Waals surface area contributed by atoms with E-state index in [1.54, 1.807) is 0 Å². The second-order valence-electron chi connectivity index (χ2n) is 13.0. The van der Waals surface area contributed by atoms with Crippen molar-refractivity contribution in [1.82, 2.24) is 24.9 Å². The monoisotopic (exact) mass is 691 g/mol. The summed E-state index contributed by atoms with van der Waals surface area (Å²) < 4.78 is 0. The van der Waals surface area contributed by atoms with E-state index in [-0.39, 0.29) is 0 Å². The number of hydrogen-bond acceptors (Lipinski definition) is 5. The SMILES string of the molecule is c1ccc(-c2cc(-c3ccc(-c4nc(-c5ccccc5)nc(-c5ccccc5)n4)cc3)cc(-c3cc(-c4ccccc4)nc(-c4ccccc4)n3)c2)cc1. The zero-order valence-corrected chi connectivity index (χ0v) is 29.3. The summed E-state index contributed by atoms with van der Waals surface area (Å²) in [4.78, 5) is 24.9. The van der Waals surface area contributed by atoms with Gasteiger partial charge in [-0.3, -0.25) is 0 Å². The van der Waals surface area contributed by atoms with Crippen LogP contribution >= 0.6 is 0 Å². The molecule has 5 nitrogen and oxygen atoms in total. The van der Waals surface area contributed by atoms with E-state index in [1.165, 1.54) is 0 Å². The summed E-state index contributed by atoms with van der Waals surface area (Å²) >= 11 is 0. The Morgan fingerprint density at radius 1 is 0.185 bits per heavy atom. The topological polar surface area (TPSA) is 64.5 Å². The minimum Gasteiger partial charge on any atom is -0.228 e. The Bertz CT molecular complexity index is 2550. The van der Waals surface area contributed by atoms with E-state index in [9.17, 15) is 0 Å². The Balaban J connectivity index is 1.16. The number of hydrogen-bond donors (Lipinski definition) is 0. The summed E-state index contributed by atoms with van der Waals surface area (Å²) in [6.45, 7) is 0. The van der Waals surface area contributed by atoms with Crippen molar-refractivity contribution < 1.29 is 0 Å². The van der Waals surface area contributed by atoms with Crippen LogP contribution in [0.2, 0.25) is 0 Å². The van der Waals surface area contributed by atoms with Crippen LogP contribution in [0.15, 0.2) is 200 Å². The van der Waals surface area contributed by atoms with Gasteiger partial charge in [0.1, 0.15) is 0 Å². The third-order valence-electron chi connectivity index (χ3n) is 9.34. The summed E-state index contributed by atoms with van der Waals surface area (Å²) in [5.41, 5.74) is 11.9. The van der Waals surface area contributed by atoms with Crippen LogP contribution in [-0.2, 0) is 0 Å². The van der Waals surface area contributed by atoms with Crippen molar-refractivity contribution in [3.63, 3.8) is 0 Å². The van der Waals surface area contributed by atoms with Crippen molar-refractivity contribution >= 4 is 0 Å². The first-order valence-electron chi connectivity index (χ1n) is 17.9. The van der Waals surface area contributed by atoms with Crippen LogP contribution in [0.5, 0.6) is 0 Å². The van der Waals surface area contributed by atoms with Crippen molar-refractivity contribution in [3.8, 4) is 90.3 Å². The molecule has 0 fully saturated rings. The smallest absolute Gasteiger partial charge is 0.164 e. The van der Waals surface area contributed by atoms with Crippen molar-refractivity contribution in [3.05, 3.63) is 200 Å². The molecule has 0 saturated carbocycles. The molecular formula is C49H33N5. The third kappa shape index (κ3) is 6.94. The number of rotatable bonds is 8. The van der Waals surface area contributed by atoms with E-state index in [1.807, 2.05) is 103 Å². The predicted octanol–water partition coefficient (Wildman–Crippen LogP) is 12.0. The molecule has 0 aliphatic carbocycles. The van der Waals surface area contributed by atoms with Gasteiger partial charge in [0.05, 0.1) is 11.4 Å². The Hall–Kier alpha value is -7.37. The Morgan fingerprint density at radius 2 is 0.463 bits per heavy atom. The molecule has 0 amide bonds. The maximum Gasteiger partial charge on any atom is 0.164 e. The van der Waals surface area contributed by atoms with Gasteiger partial charge in [-0.2, -0.15) is 0 Å². The fraction of sp³-hybridized carbons (Fsp3) is 0. The van der Waals surface area contributed by atoms with Crippen molar-refractivity contribution in [2.24, 2.45) is 0 Å². The molecule has 9 rings (SSSR count). The third-order valence-corrected chi connectivity index (χ3v) is 9.34. The fourth-order valence-corrected chi connectivity index (χ4v) is 6.56. The summed E-state index contributed by atoms with van der Waals surface area (Å²) in [5.74, 6) is 2.58. The average Bonchev–Trinajstić information content (AvgIpc) is 3.27. The van der Waals surface area contributed by atoms with Gasteiger partial charge in [0.25, 0.3) is 0 Å². The molecule has 2 aromatic heterocycles. The highest BCUT2D eigenvalue weighted by molar-refractivity contribution is 5.82. The minimum absolute atomic E-state index is 0.621. The molecule has 7 aromatic carbocycles. The van der Waals surface area contributed by atoms with Gasteiger partial charge < -0.3 is 0 Å². The van der Waals surface area contributed by atoms with Gasteiger partial charge in [0.15, 0.2) is 23.3 Å². The van der Waals surface area contributed by atoms with Gasteiger partial charge in [-0.25, -0.2) is 24.9 Å². The molecule has 5 heteroatoms. The van der Waals surface area contributed by atoms with Crippen LogP contribution in [0.25, 0.3) is 90.3 Å². The predicted molar refractivity (Wildman–Crippen MR) is 219 cm³/mol. The van der Waals surface area contributed by atoms with E-state index in [4.69, 9.17) is 24.9 Å². The van der Waals surface area contributed by atoms with Crippen LogP contribution in [-0.4, -0.2) is 24.9 Å². The summed E-state index contributed by atoms with van der Waals surface area (Å²) in [6.07, 6.45) is 0. The number of benzene rings is 7. The Morgan fingerprint density at radius 3 is 0.889 bits per heavy atom. The van der Waals surface area contributed by atoms with E-state index in [2.05, 4.69) is 97.1 Å². The highest BCUT2D eigenvalue weighted by Crippen LogP contribution is 2.35. The second-order valence-corrected chi connectivity index (χ2v) is 13.0. The average molecular weight is 692 g/mol. The first-order chi connectivity index (χ1) is 26.7. The van der Waals surface area contributed by atoms with Crippen LogP contribution in [0, 0.1) is 0 Å². The van der Waals surface area contributed by atoms with E-state index >= 15 is 0 Å². The zero-order chi connectivity index (χ0) is 36.1. The molecule has 0 N–H and O–H groups in total. The number of nitrogens with zero attached hydrogens (tertiary/aromatic N) is 5. The quantitative estimate of drug-likeness (QED) is 0.159. The molecule has 254 valence electrons. The first-order valence-corrected chi connectivity index (χ1v) is 17.9. The molecule has 0 radical (unpaired) electrons. The number of aromatic nitrogens is 5. The molecule has 54 heavy (non-hydrogen) atoms. The molecule has 9 aromatic rings. The molecular weight excluding hydrogens is 659 g/mol. The molecule has 0 aliphatic heterocycles. The summed E-state index contributed by atoms with van der Waals surface area (Å²) in [7, 11) is 0.